The van der Waals surface area contributed by atoms with Crippen LogP contribution in [0.25, 0.3) is 0 Å². The summed E-state index contributed by atoms with van der Waals surface area (Å²) in [4.78, 5) is 12.1. The fourth-order valence-electron chi connectivity index (χ4n) is 2.93. The fraction of sp³-hybridized carbons (Fsp3) is 0.208. The van der Waals surface area contributed by atoms with Crippen LogP contribution in [0.3, 0.4) is 0 Å². The fourth-order valence-corrected chi connectivity index (χ4v) is 3.55. The first kappa shape index (κ1) is 20.2. The SMILES string of the molecule is Cc1ccccc1NC(=O)CSCCOC(c1ccccc1)c1ccccc1. The van der Waals surface area contributed by atoms with Gasteiger partial charge in [-0.05, 0) is 29.7 Å². The molecule has 0 aliphatic carbocycles. The van der Waals surface area contributed by atoms with Gasteiger partial charge in [0.1, 0.15) is 6.10 Å². The minimum absolute atomic E-state index is 0.0157. The van der Waals surface area contributed by atoms with Crippen LogP contribution in [0.1, 0.15) is 22.8 Å². The Bertz CT molecular complexity index is 829. The molecule has 0 atom stereocenters. The summed E-state index contributed by atoms with van der Waals surface area (Å²) in [7, 11) is 0. The van der Waals surface area contributed by atoms with Crippen LogP contribution in [0.5, 0.6) is 0 Å². The van der Waals surface area contributed by atoms with Crippen molar-refractivity contribution in [3.63, 3.8) is 0 Å². The Kier molecular flexibility index (Phi) is 7.71. The molecule has 0 aromatic heterocycles. The third-order valence-corrected chi connectivity index (χ3v) is 5.29. The molecular formula is C24H25NO2S. The van der Waals surface area contributed by atoms with Gasteiger partial charge in [0.25, 0.3) is 0 Å². The molecule has 0 saturated heterocycles. The second-order valence-electron chi connectivity index (χ2n) is 6.49. The molecule has 0 spiro atoms. The molecule has 4 heteroatoms. The summed E-state index contributed by atoms with van der Waals surface area (Å²) < 4.78 is 6.18. The summed E-state index contributed by atoms with van der Waals surface area (Å²) in [5.74, 6) is 1.19. The quantitative estimate of drug-likeness (QED) is 0.491. The molecule has 144 valence electrons. The van der Waals surface area contributed by atoms with Gasteiger partial charge in [0.15, 0.2) is 0 Å². The van der Waals surface area contributed by atoms with Crippen molar-refractivity contribution in [1.82, 2.24) is 0 Å². The molecule has 0 heterocycles. The van der Waals surface area contributed by atoms with Crippen LogP contribution in [-0.2, 0) is 9.53 Å². The Morgan fingerprint density at radius 3 is 2.07 bits per heavy atom. The second kappa shape index (κ2) is 10.7. The molecule has 0 unspecified atom stereocenters. The Morgan fingerprint density at radius 1 is 0.893 bits per heavy atom. The summed E-state index contributed by atoms with van der Waals surface area (Å²) in [6.07, 6.45) is -0.0937. The minimum atomic E-state index is -0.0937. The second-order valence-corrected chi connectivity index (χ2v) is 7.59. The Labute approximate surface area is 171 Å². The Balaban J connectivity index is 1.47. The van der Waals surface area contributed by atoms with Crippen molar-refractivity contribution in [2.75, 3.05) is 23.4 Å². The largest absolute Gasteiger partial charge is 0.368 e. The number of ether oxygens (including phenoxy) is 1. The van der Waals surface area contributed by atoms with Crippen LogP contribution in [0.4, 0.5) is 5.69 Å². The zero-order valence-electron chi connectivity index (χ0n) is 16.0. The van der Waals surface area contributed by atoms with Crippen LogP contribution >= 0.6 is 11.8 Å². The predicted molar refractivity (Wildman–Crippen MR) is 118 cm³/mol. The third-order valence-electron chi connectivity index (χ3n) is 4.37. The highest BCUT2D eigenvalue weighted by atomic mass is 32.2. The summed E-state index contributed by atoms with van der Waals surface area (Å²) in [5, 5.41) is 2.96. The number of nitrogens with one attached hydrogen (secondary N) is 1. The Hall–Kier alpha value is -2.56. The van der Waals surface area contributed by atoms with E-state index in [-0.39, 0.29) is 12.0 Å². The van der Waals surface area contributed by atoms with Gasteiger partial charge in [-0.25, -0.2) is 0 Å². The van der Waals surface area contributed by atoms with Gasteiger partial charge in [0, 0.05) is 11.4 Å². The molecule has 0 aliphatic rings. The van der Waals surface area contributed by atoms with Crippen molar-refractivity contribution in [3.8, 4) is 0 Å². The van der Waals surface area contributed by atoms with Gasteiger partial charge in [-0.1, -0.05) is 78.9 Å². The van der Waals surface area contributed by atoms with Gasteiger partial charge in [-0.2, -0.15) is 0 Å². The van der Waals surface area contributed by atoms with Gasteiger partial charge < -0.3 is 10.1 Å². The van der Waals surface area contributed by atoms with E-state index in [1.807, 2.05) is 67.6 Å². The van der Waals surface area contributed by atoms with Crippen molar-refractivity contribution < 1.29 is 9.53 Å². The number of amides is 1. The highest BCUT2D eigenvalue weighted by Crippen LogP contribution is 2.26. The van der Waals surface area contributed by atoms with E-state index < -0.39 is 0 Å². The topological polar surface area (TPSA) is 38.3 Å². The first-order chi connectivity index (χ1) is 13.7. The number of carbonyl (C=O) groups is 1. The predicted octanol–water partition coefficient (Wildman–Crippen LogP) is 5.47. The lowest BCUT2D eigenvalue weighted by Gasteiger charge is -2.19. The summed E-state index contributed by atoms with van der Waals surface area (Å²) in [6.45, 7) is 2.57. The van der Waals surface area contributed by atoms with E-state index in [0.717, 1.165) is 28.1 Å². The van der Waals surface area contributed by atoms with Gasteiger partial charge in [-0.3, -0.25) is 4.79 Å². The number of anilines is 1. The van der Waals surface area contributed by atoms with E-state index in [0.29, 0.717) is 12.4 Å². The molecule has 3 aromatic rings. The normalized spacial score (nSPS) is 10.8. The van der Waals surface area contributed by atoms with E-state index in [2.05, 4.69) is 29.6 Å². The molecule has 28 heavy (non-hydrogen) atoms. The van der Waals surface area contributed by atoms with Gasteiger partial charge in [-0.15, -0.1) is 11.8 Å². The monoisotopic (exact) mass is 391 g/mol. The molecule has 3 nitrogen and oxygen atoms in total. The molecule has 0 fully saturated rings. The van der Waals surface area contributed by atoms with Crippen LogP contribution in [0, 0.1) is 6.92 Å². The molecule has 0 bridgehead atoms. The number of hydrogen-bond donors (Lipinski definition) is 1. The van der Waals surface area contributed by atoms with Gasteiger partial charge >= 0.3 is 0 Å². The molecule has 0 radical (unpaired) electrons. The van der Waals surface area contributed by atoms with Crippen LogP contribution < -0.4 is 5.32 Å². The molecule has 0 aliphatic heterocycles. The number of rotatable bonds is 9. The lowest BCUT2D eigenvalue weighted by Crippen LogP contribution is -2.16. The average Bonchev–Trinajstić information content (AvgIpc) is 2.73. The number of para-hydroxylation sites is 1. The zero-order chi connectivity index (χ0) is 19.6. The summed E-state index contributed by atoms with van der Waals surface area (Å²) in [5.41, 5.74) is 4.21. The van der Waals surface area contributed by atoms with Gasteiger partial charge in [0.2, 0.25) is 5.91 Å². The number of hydrogen-bond acceptors (Lipinski definition) is 3. The standard InChI is InChI=1S/C24H25NO2S/c1-19-10-8-9-15-22(19)25-23(26)18-28-17-16-27-24(20-11-4-2-5-12-20)21-13-6-3-7-14-21/h2-15,24H,16-18H2,1H3,(H,25,26). The number of carbonyl (C=O) groups excluding carboxylic acids is 1. The third kappa shape index (κ3) is 5.98. The van der Waals surface area contributed by atoms with E-state index in [4.69, 9.17) is 4.74 Å². The molecule has 3 aromatic carbocycles. The van der Waals surface area contributed by atoms with E-state index in [1.165, 1.54) is 0 Å². The highest BCUT2D eigenvalue weighted by molar-refractivity contribution is 7.99. The maximum Gasteiger partial charge on any atom is 0.234 e. The van der Waals surface area contributed by atoms with Crippen molar-refractivity contribution >= 4 is 23.4 Å². The molecule has 1 amide bonds. The van der Waals surface area contributed by atoms with Crippen molar-refractivity contribution in [2.24, 2.45) is 0 Å². The van der Waals surface area contributed by atoms with Crippen molar-refractivity contribution in [3.05, 3.63) is 102 Å². The maximum absolute atomic E-state index is 12.1. The van der Waals surface area contributed by atoms with Crippen molar-refractivity contribution in [2.45, 2.75) is 13.0 Å². The molecular weight excluding hydrogens is 366 g/mol. The van der Waals surface area contributed by atoms with Gasteiger partial charge in [0.05, 0.1) is 12.4 Å². The first-order valence-corrected chi connectivity index (χ1v) is 10.5. The molecule has 1 N–H and O–H groups in total. The number of thioether (sulfide) groups is 1. The van der Waals surface area contributed by atoms with Crippen LogP contribution in [0.2, 0.25) is 0 Å². The first-order valence-electron chi connectivity index (χ1n) is 9.39. The van der Waals surface area contributed by atoms with Crippen molar-refractivity contribution in [1.29, 1.82) is 0 Å². The Morgan fingerprint density at radius 2 is 1.46 bits per heavy atom. The highest BCUT2D eigenvalue weighted by Gasteiger charge is 2.14. The smallest absolute Gasteiger partial charge is 0.234 e. The lowest BCUT2D eigenvalue weighted by atomic mass is 10.0. The van der Waals surface area contributed by atoms with Crippen LogP contribution in [-0.4, -0.2) is 24.0 Å². The summed E-state index contributed by atoms with van der Waals surface area (Å²) in [6, 6.07) is 28.3. The number of aryl methyl sites for hydroxylation is 1. The molecule has 3 rings (SSSR count). The number of benzene rings is 3. The van der Waals surface area contributed by atoms with E-state index in [1.54, 1.807) is 11.8 Å². The zero-order valence-corrected chi connectivity index (χ0v) is 16.8. The maximum atomic E-state index is 12.1. The summed E-state index contributed by atoms with van der Waals surface area (Å²) >= 11 is 1.58. The van der Waals surface area contributed by atoms with E-state index >= 15 is 0 Å². The van der Waals surface area contributed by atoms with E-state index in [9.17, 15) is 4.79 Å². The average molecular weight is 392 g/mol. The van der Waals surface area contributed by atoms with Crippen LogP contribution in [0.15, 0.2) is 84.9 Å². The lowest BCUT2D eigenvalue weighted by molar-refractivity contribution is -0.113. The molecule has 0 saturated carbocycles. The minimum Gasteiger partial charge on any atom is -0.368 e.